The van der Waals surface area contributed by atoms with E-state index in [-0.39, 0.29) is 18.2 Å². The molecule has 2 N–H and O–H groups in total. The largest absolute Gasteiger partial charge is 0.494 e. The number of anilines is 3. The van der Waals surface area contributed by atoms with Gasteiger partial charge in [-0.15, -0.1) is 0 Å². The van der Waals surface area contributed by atoms with Gasteiger partial charge in [0.1, 0.15) is 11.4 Å². The van der Waals surface area contributed by atoms with Crippen LogP contribution in [-0.2, 0) is 0 Å². The van der Waals surface area contributed by atoms with E-state index in [1.54, 1.807) is 48.5 Å². The van der Waals surface area contributed by atoms with Crippen LogP contribution in [0.15, 0.2) is 48.5 Å². The van der Waals surface area contributed by atoms with E-state index < -0.39 is 40.7 Å². The van der Waals surface area contributed by atoms with Crippen LogP contribution in [0, 0.1) is 29.1 Å². The number of benzene rings is 3. The lowest BCUT2D eigenvalue weighted by molar-refractivity contribution is 0.0977. The van der Waals surface area contributed by atoms with Gasteiger partial charge in [0.15, 0.2) is 28.4 Å². The second kappa shape index (κ2) is 12.3. The summed E-state index contributed by atoms with van der Waals surface area (Å²) >= 11 is 5.25. The number of hydrogen-bond donors (Lipinski definition) is 2. The zero-order valence-electron chi connectivity index (χ0n) is 20.9. The molecule has 0 aliphatic carbocycles. The molecule has 6 nitrogen and oxygen atoms in total. The zero-order valence-corrected chi connectivity index (χ0v) is 21.7. The lowest BCUT2D eigenvalue weighted by atomic mass is 10.2. The van der Waals surface area contributed by atoms with Gasteiger partial charge in [0, 0.05) is 43.1 Å². The molecule has 1 amide bonds. The van der Waals surface area contributed by atoms with Crippen molar-refractivity contribution in [1.29, 1.82) is 0 Å². The molecule has 1 heterocycles. The van der Waals surface area contributed by atoms with Crippen molar-refractivity contribution >= 4 is 40.3 Å². The van der Waals surface area contributed by atoms with Crippen molar-refractivity contribution in [2.45, 2.75) is 13.3 Å². The predicted molar refractivity (Wildman–Crippen MR) is 143 cm³/mol. The summed E-state index contributed by atoms with van der Waals surface area (Å²) in [6.45, 7) is 3.23. The highest BCUT2D eigenvalue weighted by atomic mass is 32.1. The highest BCUT2D eigenvalue weighted by Crippen LogP contribution is 2.31. The van der Waals surface area contributed by atoms with Gasteiger partial charge in [-0.25, -0.2) is 22.0 Å². The van der Waals surface area contributed by atoms with Gasteiger partial charge in [0.2, 0.25) is 5.82 Å². The molecule has 0 saturated carbocycles. The number of nitrogens with one attached hydrogen (secondary N) is 2. The molecular formula is C27H25F5N4O2S. The Morgan fingerprint density at radius 3 is 2.08 bits per heavy atom. The molecule has 1 fully saturated rings. The van der Waals surface area contributed by atoms with Crippen molar-refractivity contribution in [3.05, 3.63) is 83.2 Å². The minimum absolute atomic E-state index is 0.0547. The summed E-state index contributed by atoms with van der Waals surface area (Å²) in [6.07, 6.45) is 0.845. The molecule has 1 aliphatic rings. The van der Waals surface area contributed by atoms with Crippen molar-refractivity contribution in [3.63, 3.8) is 0 Å². The van der Waals surface area contributed by atoms with E-state index in [0.29, 0.717) is 36.7 Å². The Bertz CT molecular complexity index is 1340. The van der Waals surface area contributed by atoms with E-state index in [4.69, 9.17) is 17.0 Å². The van der Waals surface area contributed by atoms with Gasteiger partial charge in [0.25, 0.3) is 5.91 Å². The van der Waals surface area contributed by atoms with Gasteiger partial charge in [-0.2, -0.15) is 0 Å². The first-order valence-electron chi connectivity index (χ1n) is 12.2. The summed E-state index contributed by atoms with van der Waals surface area (Å²) in [5.41, 5.74) is 0.884. The van der Waals surface area contributed by atoms with Crippen molar-refractivity contribution in [3.8, 4) is 5.75 Å². The molecule has 0 bridgehead atoms. The number of hydrogen-bond acceptors (Lipinski definition) is 5. The summed E-state index contributed by atoms with van der Waals surface area (Å²) < 4.78 is 74.4. The van der Waals surface area contributed by atoms with Gasteiger partial charge >= 0.3 is 0 Å². The molecule has 4 rings (SSSR count). The first-order chi connectivity index (χ1) is 18.7. The summed E-state index contributed by atoms with van der Waals surface area (Å²) in [4.78, 5) is 15.6. The normalized spacial score (nSPS) is 13.3. The molecule has 0 radical (unpaired) electrons. The molecule has 206 valence electrons. The van der Waals surface area contributed by atoms with E-state index in [1.165, 1.54) is 0 Å². The number of halogens is 5. The maximum atomic E-state index is 14.2. The predicted octanol–water partition coefficient (Wildman–Crippen LogP) is 5.62. The van der Waals surface area contributed by atoms with Crippen LogP contribution in [0.25, 0.3) is 0 Å². The molecule has 0 unspecified atom stereocenters. The molecule has 0 atom stereocenters. The first-order valence-corrected chi connectivity index (χ1v) is 12.6. The van der Waals surface area contributed by atoms with Gasteiger partial charge in [0.05, 0.1) is 6.61 Å². The maximum absolute atomic E-state index is 14.2. The Hall–Kier alpha value is -3.93. The smallest absolute Gasteiger partial charge is 0.257 e. The third-order valence-electron chi connectivity index (χ3n) is 6.07. The van der Waals surface area contributed by atoms with E-state index in [1.807, 2.05) is 11.8 Å². The van der Waals surface area contributed by atoms with Crippen LogP contribution in [0.5, 0.6) is 5.75 Å². The Morgan fingerprint density at radius 2 is 1.46 bits per heavy atom. The van der Waals surface area contributed by atoms with E-state index in [2.05, 4.69) is 10.6 Å². The lowest BCUT2D eigenvalue weighted by Crippen LogP contribution is -2.47. The molecule has 39 heavy (non-hydrogen) atoms. The van der Waals surface area contributed by atoms with Gasteiger partial charge in [-0.05, 0) is 61.1 Å². The molecule has 3 aromatic rings. The molecule has 1 aliphatic heterocycles. The number of carbonyl (C=O) groups is 1. The quantitative estimate of drug-likeness (QED) is 0.168. The van der Waals surface area contributed by atoms with Crippen LogP contribution in [-0.4, -0.2) is 43.8 Å². The Labute approximate surface area is 227 Å². The summed E-state index contributed by atoms with van der Waals surface area (Å²) in [5.74, 6) is -9.57. The highest BCUT2D eigenvalue weighted by Gasteiger charge is 2.30. The summed E-state index contributed by atoms with van der Waals surface area (Å²) in [5, 5.41) is 5.65. The van der Waals surface area contributed by atoms with Crippen molar-refractivity contribution in [2.75, 3.05) is 47.9 Å². The van der Waals surface area contributed by atoms with E-state index in [0.717, 1.165) is 17.0 Å². The summed E-state index contributed by atoms with van der Waals surface area (Å²) in [7, 11) is 0. The minimum Gasteiger partial charge on any atom is -0.494 e. The second-order valence-corrected chi connectivity index (χ2v) is 9.13. The molecule has 0 aromatic heterocycles. The number of thiocarbonyl (C=S) groups is 1. The number of nitrogens with zero attached hydrogens (tertiary/aromatic N) is 2. The van der Waals surface area contributed by atoms with E-state index in [9.17, 15) is 26.7 Å². The average molecular weight is 565 g/mol. The molecule has 3 aromatic carbocycles. The third-order valence-corrected chi connectivity index (χ3v) is 6.27. The maximum Gasteiger partial charge on any atom is 0.257 e. The fourth-order valence-corrected chi connectivity index (χ4v) is 4.31. The average Bonchev–Trinajstić information content (AvgIpc) is 2.95. The van der Waals surface area contributed by atoms with Crippen molar-refractivity contribution in [1.82, 2.24) is 5.32 Å². The van der Waals surface area contributed by atoms with Crippen LogP contribution in [0.2, 0.25) is 0 Å². The van der Waals surface area contributed by atoms with Crippen LogP contribution in [0.1, 0.15) is 23.7 Å². The Balaban J connectivity index is 1.32. The van der Waals surface area contributed by atoms with Gasteiger partial charge in [-0.1, -0.05) is 13.0 Å². The second-order valence-electron chi connectivity index (χ2n) is 8.72. The fourth-order valence-electron chi connectivity index (χ4n) is 4.10. The fraction of sp³-hybridized carbons (Fsp3) is 0.259. The topological polar surface area (TPSA) is 56.8 Å². The van der Waals surface area contributed by atoms with Crippen LogP contribution in [0.3, 0.4) is 0 Å². The number of rotatable bonds is 7. The molecular weight excluding hydrogens is 539 g/mol. The SMILES string of the molecule is CCCOc1cccc(C(=O)NC(=S)Nc2ccc(N3CCN(c4c(F)c(F)c(F)c(F)c4F)CC3)cc2)c1. The highest BCUT2D eigenvalue weighted by molar-refractivity contribution is 7.80. The van der Waals surface area contributed by atoms with Gasteiger partial charge < -0.3 is 19.9 Å². The molecule has 1 saturated heterocycles. The third kappa shape index (κ3) is 6.39. The Morgan fingerprint density at radius 1 is 0.872 bits per heavy atom. The van der Waals surface area contributed by atoms with Gasteiger partial charge in [-0.3, -0.25) is 10.1 Å². The minimum atomic E-state index is -2.17. The number of ether oxygens (including phenoxy) is 1. The van der Waals surface area contributed by atoms with Crippen molar-refractivity contribution < 1.29 is 31.5 Å². The zero-order chi connectivity index (χ0) is 28.1. The van der Waals surface area contributed by atoms with Crippen LogP contribution in [0.4, 0.5) is 39.0 Å². The van der Waals surface area contributed by atoms with E-state index >= 15 is 0 Å². The monoisotopic (exact) mass is 564 g/mol. The first kappa shape index (κ1) is 28.1. The van der Waals surface area contributed by atoms with Crippen LogP contribution >= 0.6 is 12.2 Å². The number of carbonyl (C=O) groups excluding carboxylic acids is 1. The number of piperazine rings is 1. The standard InChI is InChI=1S/C27H25F5N4O2S/c1-2-14-38-19-5-3-4-16(15-19)26(37)34-27(39)33-17-6-8-18(9-7-17)35-10-12-36(13-11-35)25-23(31)21(29)20(28)22(30)24(25)32/h3-9,15H,2,10-14H2,1H3,(H2,33,34,37,39). The summed E-state index contributed by atoms with van der Waals surface area (Å²) in [6, 6.07) is 13.8. The molecule has 12 heteroatoms. The molecule has 0 spiro atoms. The van der Waals surface area contributed by atoms with Crippen LogP contribution < -0.4 is 25.2 Å². The number of amides is 1. The lowest BCUT2D eigenvalue weighted by Gasteiger charge is -2.37. The van der Waals surface area contributed by atoms with Crippen molar-refractivity contribution in [2.24, 2.45) is 0 Å². The Kier molecular flexibility index (Phi) is 8.85.